The molecule has 1 saturated heterocycles. The van der Waals surface area contributed by atoms with E-state index in [1.54, 1.807) is 16.7 Å². The fourth-order valence-corrected chi connectivity index (χ4v) is 6.77. The number of anilines is 1. The Balaban J connectivity index is 1.40. The predicted octanol–water partition coefficient (Wildman–Crippen LogP) is 6.36. The standard InChI is InChI=1S/C40H45F4N5O5/c1-24(51)39(53)49(20-27-19-47(21-33(27)44)36(52)9-6-14-54-30-12-10-26(23-50)34(45)17-30)37(40(2,3)4)38-46-35(31-16-29(42)11-13-32(31)43)22-48(38)18-25-7-5-8-28(41)15-25/h5,7-8,10-13,15-17,22-24,27,33,37,51H,6,9,14,18-21,45H2,1-4H3/t24-,27-,33-,37-/m0/s1. The van der Waals surface area contributed by atoms with Crippen molar-refractivity contribution in [2.45, 2.75) is 65.4 Å². The number of aliphatic hydroxyl groups is 1. The molecule has 0 saturated carbocycles. The second kappa shape index (κ2) is 16.8. The third kappa shape index (κ3) is 9.46. The van der Waals surface area contributed by atoms with Crippen molar-refractivity contribution < 1.29 is 41.8 Å². The van der Waals surface area contributed by atoms with Gasteiger partial charge in [0.2, 0.25) is 5.91 Å². The van der Waals surface area contributed by atoms with Gasteiger partial charge in [0.1, 0.15) is 41.3 Å². The van der Waals surface area contributed by atoms with Crippen molar-refractivity contribution in [3.8, 4) is 17.0 Å². The highest BCUT2D eigenvalue weighted by molar-refractivity contribution is 5.83. The molecule has 4 aromatic rings. The number of nitrogens with two attached hydrogens (primary N) is 1. The van der Waals surface area contributed by atoms with Crippen LogP contribution >= 0.6 is 0 Å². The largest absolute Gasteiger partial charge is 0.494 e. The average molecular weight is 752 g/mol. The van der Waals surface area contributed by atoms with Crippen LogP contribution < -0.4 is 10.5 Å². The van der Waals surface area contributed by atoms with Crippen LogP contribution in [0.3, 0.4) is 0 Å². The number of nitrogens with zero attached hydrogens (tertiary/aromatic N) is 4. The fraction of sp³-hybridized carbons (Fsp3) is 0.400. The maximum Gasteiger partial charge on any atom is 0.251 e. The minimum atomic E-state index is -1.50. The molecule has 14 heteroatoms. The Morgan fingerprint density at radius 3 is 2.48 bits per heavy atom. The quantitative estimate of drug-likeness (QED) is 0.0664. The number of halogens is 4. The molecule has 0 unspecified atom stereocenters. The number of hydrogen-bond acceptors (Lipinski definition) is 7. The summed E-state index contributed by atoms with van der Waals surface area (Å²) in [6, 6.07) is 12.5. The van der Waals surface area contributed by atoms with Gasteiger partial charge in [0.15, 0.2) is 6.29 Å². The van der Waals surface area contributed by atoms with Gasteiger partial charge in [-0.2, -0.15) is 0 Å². The highest BCUT2D eigenvalue weighted by Crippen LogP contribution is 2.41. The van der Waals surface area contributed by atoms with Crippen molar-refractivity contribution in [1.82, 2.24) is 19.4 Å². The van der Waals surface area contributed by atoms with E-state index in [0.717, 1.165) is 18.2 Å². The van der Waals surface area contributed by atoms with Gasteiger partial charge in [0, 0.05) is 61.1 Å². The number of aliphatic hydroxyl groups excluding tert-OH is 1. The van der Waals surface area contributed by atoms with Crippen LogP contribution in [0.5, 0.6) is 5.75 Å². The number of aldehydes is 1. The molecule has 0 aliphatic carbocycles. The molecule has 10 nitrogen and oxygen atoms in total. The number of imidazole rings is 1. The summed E-state index contributed by atoms with van der Waals surface area (Å²) in [7, 11) is 0. The highest BCUT2D eigenvalue weighted by Gasteiger charge is 2.44. The Labute approximate surface area is 311 Å². The van der Waals surface area contributed by atoms with E-state index in [0.29, 0.717) is 29.6 Å². The van der Waals surface area contributed by atoms with E-state index in [1.807, 2.05) is 20.8 Å². The topological polar surface area (TPSA) is 131 Å². The van der Waals surface area contributed by atoms with Crippen molar-refractivity contribution in [1.29, 1.82) is 0 Å². The zero-order valence-electron chi connectivity index (χ0n) is 30.6. The highest BCUT2D eigenvalue weighted by atomic mass is 19.1. The van der Waals surface area contributed by atoms with Crippen LogP contribution in [-0.2, 0) is 16.1 Å². The zero-order chi connectivity index (χ0) is 39.3. The van der Waals surface area contributed by atoms with E-state index in [2.05, 4.69) is 0 Å². The Kier molecular flexibility index (Phi) is 12.5. The summed E-state index contributed by atoms with van der Waals surface area (Å²) in [5.41, 5.74) is 6.06. The van der Waals surface area contributed by atoms with Gasteiger partial charge in [-0.05, 0) is 66.8 Å². The van der Waals surface area contributed by atoms with Gasteiger partial charge in [-0.15, -0.1) is 0 Å². The number of ether oxygens (including phenoxy) is 1. The fourth-order valence-electron chi connectivity index (χ4n) is 6.77. The Bertz CT molecular complexity index is 1980. The minimum absolute atomic E-state index is 0.00247. The van der Waals surface area contributed by atoms with Crippen molar-refractivity contribution >= 4 is 23.8 Å². The summed E-state index contributed by atoms with van der Waals surface area (Å²) < 4.78 is 66.8. The maximum absolute atomic E-state index is 15.8. The molecule has 1 aliphatic heterocycles. The van der Waals surface area contributed by atoms with E-state index in [1.165, 1.54) is 53.3 Å². The van der Waals surface area contributed by atoms with Gasteiger partial charge in [-0.25, -0.2) is 22.5 Å². The average Bonchev–Trinajstić information content (AvgIpc) is 3.69. The Hall–Kier alpha value is -5.24. The number of carbonyl (C=O) groups excluding carboxylic acids is 3. The SMILES string of the molecule is C[C@H](O)C(=O)N(C[C@@H]1CN(C(=O)CCCOc2ccc(C=O)c(N)c2)C[C@@H]1F)[C@@H](c1nc(-c2cc(F)ccc2F)cn1Cc1cccc(F)c1)C(C)(C)C. The molecule has 2 heterocycles. The molecule has 3 aromatic carbocycles. The first-order valence-electron chi connectivity index (χ1n) is 17.7. The number of hydrogen-bond donors (Lipinski definition) is 2. The number of likely N-dealkylation sites (tertiary alicyclic amines) is 1. The monoisotopic (exact) mass is 751 g/mol. The second-order valence-corrected chi connectivity index (χ2v) is 14.7. The lowest BCUT2D eigenvalue weighted by Crippen LogP contribution is -2.49. The lowest BCUT2D eigenvalue weighted by molar-refractivity contribution is -0.146. The van der Waals surface area contributed by atoms with Crippen LogP contribution in [0.25, 0.3) is 11.3 Å². The number of alkyl halides is 1. The number of benzene rings is 3. The number of rotatable bonds is 14. The molecule has 4 atom stereocenters. The number of carbonyl (C=O) groups is 3. The molecule has 1 aliphatic rings. The lowest BCUT2D eigenvalue weighted by Gasteiger charge is -2.41. The van der Waals surface area contributed by atoms with E-state index >= 15 is 8.78 Å². The van der Waals surface area contributed by atoms with Gasteiger partial charge in [0.05, 0.1) is 24.9 Å². The molecular weight excluding hydrogens is 706 g/mol. The summed E-state index contributed by atoms with van der Waals surface area (Å²) in [4.78, 5) is 45.6. The minimum Gasteiger partial charge on any atom is -0.494 e. The first-order valence-corrected chi connectivity index (χ1v) is 17.7. The number of amides is 2. The van der Waals surface area contributed by atoms with E-state index in [4.69, 9.17) is 15.5 Å². The van der Waals surface area contributed by atoms with Crippen molar-refractivity contribution in [2.75, 3.05) is 32.0 Å². The third-order valence-corrected chi connectivity index (χ3v) is 9.40. The molecule has 54 heavy (non-hydrogen) atoms. The summed E-state index contributed by atoms with van der Waals surface area (Å²) in [5.74, 6) is -3.09. The molecule has 1 fully saturated rings. The molecule has 3 N–H and O–H groups in total. The molecular formula is C40H45F4N5O5. The van der Waals surface area contributed by atoms with Gasteiger partial charge in [-0.1, -0.05) is 32.9 Å². The van der Waals surface area contributed by atoms with Crippen molar-refractivity contribution in [3.05, 3.63) is 101 Å². The molecule has 288 valence electrons. The normalized spacial score (nSPS) is 16.9. The summed E-state index contributed by atoms with van der Waals surface area (Å²) in [5, 5.41) is 10.6. The van der Waals surface area contributed by atoms with Gasteiger partial charge < -0.3 is 29.9 Å². The number of nitrogen functional groups attached to an aromatic ring is 1. The van der Waals surface area contributed by atoms with Crippen LogP contribution in [0.2, 0.25) is 0 Å². The van der Waals surface area contributed by atoms with E-state index < -0.39 is 53.0 Å². The summed E-state index contributed by atoms with van der Waals surface area (Å²) >= 11 is 0. The lowest BCUT2D eigenvalue weighted by atomic mass is 9.84. The van der Waals surface area contributed by atoms with Crippen LogP contribution in [0.4, 0.5) is 23.2 Å². The van der Waals surface area contributed by atoms with Gasteiger partial charge >= 0.3 is 0 Å². The Morgan fingerprint density at radius 1 is 1.07 bits per heavy atom. The third-order valence-electron chi connectivity index (χ3n) is 9.40. The zero-order valence-corrected chi connectivity index (χ0v) is 30.6. The first-order chi connectivity index (χ1) is 25.5. The second-order valence-electron chi connectivity index (χ2n) is 14.7. The van der Waals surface area contributed by atoms with Crippen LogP contribution in [0.15, 0.2) is 66.9 Å². The predicted molar refractivity (Wildman–Crippen MR) is 195 cm³/mol. The molecule has 5 rings (SSSR count). The smallest absolute Gasteiger partial charge is 0.251 e. The molecule has 0 spiro atoms. The van der Waals surface area contributed by atoms with Crippen molar-refractivity contribution in [3.63, 3.8) is 0 Å². The number of aromatic nitrogens is 2. The molecule has 0 radical (unpaired) electrons. The van der Waals surface area contributed by atoms with Crippen LogP contribution in [-0.4, -0.2) is 81.1 Å². The van der Waals surface area contributed by atoms with Gasteiger partial charge in [0.25, 0.3) is 5.91 Å². The van der Waals surface area contributed by atoms with Crippen LogP contribution in [0.1, 0.15) is 68.3 Å². The molecule has 0 bridgehead atoms. The van der Waals surface area contributed by atoms with Crippen molar-refractivity contribution in [2.24, 2.45) is 11.3 Å². The Morgan fingerprint density at radius 2 is 1.81 bits per heavy atom. The first kappa shape index (κ1) is 40.0. The van der Waals surface area contributed by atoms with Crippen LogP contribution in [0, 0.1) is 28.8 Å². The summed E-state index contributed by atoms with van der Waals surface area (Å²) in [6.07, 6.45) is -0.470. The summed E-state index contributed by atoms with van der Waals surface area (Å²) in [6.45, 7) is 6.61. The van der Waals surface area contributed by atoms with E-state index in [9.17, 15) is 28.3 Å². The van der Waals surface area contributed by atoms with E-state index in [-0.39, 0.29) is 67.9 Å². The maximum atomic E-state index is 15.8. The van der Waals surface area contributed by atoms with Gasteiger partial charge in [-0.3, -0.25) is 14.4 Å². The molecule has 1 aromatic heterocycles. The molecule has 2 amide bonds.